The van der Waals surface area contributed by atoms with Crippen LogP contribution >= 0.6 is 46.9 Å². The molecule has 25 heavy (non-hydrogen) atoms. The first kappa shape index (κ1) is 16.9. The van der Waals surface area contributed by atoms with Crippen LogP contribution in [0.25, 0.3) is 5.69 Å². The molecule has 0 aliphatic carbocycles. The van der Waals surface area contributed by atoms with Gasteiger partial charge in [-0.15, -0.1) is 5.10 Å². The second kappa shape index (κ2) is 7.37. The molecule has 0 spiro atoms. The molecule has 128 valence electrons. The Balaban J connectivity index is 1.53. The molecule has 4 nitrogen and oxygen atoms in total. The molecular weight excluding hydrogens is 396 g/mol. The molecule has 0 amide bonds. The number of thioether (sulfide) groups is 1. The summed E-state index contributed by atoms with van der Waals surface area (Å²) in [7, 11) is 0. The Labute approximate surface area is 163 Å². The summed E-state index contributed by atoms with van der Waals surface area (Å²) in [6, 6.07) is 13.8. The highest BCUT2D eigenvalue weighted by atomic mass is 35.5. The van der Waals surface area contributed by atoms with Gasteiger partial charge in [-0.05, 0) is 42.0 Å². The summed E-state index contributed by atoms with van der Waals surface area (Å²) in [4.78, 5) is 0. The Bertz CT molecular complexity index is 956. The van der Waals surface area contributed by atoms with Gasteiger partial charge in [0.2, 0.25) is 0 Å². The molecule has 0 fully saturated rings. The van der Waals surface area contributed by atoms with Crippen molar-refractivity contribution in [1.82, 2.24) is 9.78 Å². The minimum absolute atomic E-state index is 0.529. The van der Waals surface area contributed by atoms with E-state index in [1.54, 1.807) is 16.4 Å². The third-order valence-corrected chi connectivity index (χ3v) is 6.27. The smallest absolute Gasteiger partial charge is 0.184 e. The Morgan fingerprint density at radius 3 is 2.84 bits per heavy atom. The minimum atomic E-state index is 0.529. The highest BCUT2D eigenvalue weighted by Crippen LogP contribution is 2.39. The molecule has 0 radical (unpaired) electrons. The van der Waals surface area contributed by atoms with E-state index in [9.17, 15) is 0 Å². The first-order valence-electron chi connectivity index (χ1n) is 7.57. The van der Waals surface area contributed by atoms with Crippen molar-refractivity contribution < 1.29 is 9.47 Å². The minimum Gasteiger partial charge on any atom is -0.486 e. The topological polar surface area (TPSA) is 36.3 Å². The number of halogens is 1. The summed E-state index contributed by atoms with van der Waals surface area (Å²) in [5.41, 5.74) is 2.03. The van der Waals surface area contributed by atoms with Crippen molar-refractivity contribution in [3.8, 4) is 17.2 Å². The monoisotopic (exact) mass is 408 g/mol. The van der Waals surface area contributed by atoms with E-state index in [1.165, 1.54) is 11.3 Å². The lowest BCUT2D eigenvalue weighted by atomic mass is 10.2. The van der Waals surface area contributed by atoms with E-state index in [0.717, 1.165) is 25.3 Å². The summed E-state index contributed by atoms with van der Waals surface area (Å²) >= 11 is 14.9. The molecule has 1 aliphatic heterocycles. The van der Waals surface area contributed by atoms with E-state index < -0.39 is 0 Å². The van der Waals surface area contributed by atoms with Crippen LogP contribution in [0.4, 0.5) is 0 Å². The number of nitrogens with zero attached hydrogens (tertiary/aromatic N) is 2. The predicted molar refractivity (Wildman–Crippen MR) is 104 cm³/mol. The fraction of sp³-hybridized carbons (Fsp3) is 0.176. The molecule has 0 atom stereocenters. The van der Waals surface area contributed by atoms with Gasteiger partial charge in [0.05, 0.1) is 10.7 Å². The van der Waals surface area contributed by atoms with E-state index in [2.05, 4.69) is 5.10 Å². The van der Waals surface area contributed by atoms with Gasteiger partial charge in [-0.25, -0.2) is 4.68 Å². The summed E-state index contributed by atoms with van der Waals surface area (Å²) < 4.78 is 14.6. The number of hydrogen-bond donors (Lipinski definition) is 0. The Morgan fingerprint density at radius 2 is 2.00 bits per heavy atom. The van der Waals surface area contributed by atoms with Crippen LogP contribution in [0.1, 0.15) is 5.56 Å². The van der Waals surface area contributed by atoms with Gasteiger partial charge in [-0.3, -0.25) is 0 Å². The Hall–Kier alpha value is -1.54. The highest BCUT2D eigenvalue weighted by molar-refractivity contribution is 8.00. The van der Waals surface area contributed by atoms with Crippen molar-refractivity contribution in [3.05, 3.63) is 57.0 Å². The average Bonchev–Trinajstić information content (AvgIpc) is 3.02. The largest absolute Gasteiger partial charge is 0.486 e. The first-order chi connectivity index (χ1) is 12.2. The van der Waals surface area contributed by atoms with E-state index in [0.29, 0.717) is 29.7 Å². The van der Waals surface area contributed by atoms with Gasteiger partial charge >= 0.3 is 0 Å². The van der Waals surface area contributed by atoms with E-state index in [-0.39, 0.29) is 0 Å². The van der Waals surface area contributed by atoms with Crippen LogP contribution in [0.15, 0.2) is 46.8 Å². The summed E-state index contributed by atoms with van der Waals surface area (Å²) in [5.74, 6) is 2.07. The summed E-state index contributed by atoms with van der Waals surface area (Å²) in [6.07, 6.45) is 0. The highest BCUT2D eigenvalue weighted by Gasteiger charge is 2.17. The van der Waals surface area contributed by atoms with Crippen molar-refractivity contribution in [3.63, 3.8) is 0 Å². The van der Waals surface area contributed by atoms with E-state index >= 15 is 0 Å². The van der Waals surface area contributed by atoms with Crippen molar-refractivity contribution in [2.75, 3.05) is 13.2 Å². The number of benzene rings is 2. The maximum atomic E-state index is 6.29. The third kappa shape index (κ3) is 3.69. The Morgan fingerprint density at radius 1 is 1.20 bits per heavy atom. The standard InChI is InChI=1S/C17H13ClN2O2S3/c18-13-8-11(9-14-15(13)22-7-6-21-14)10-24-16-19-20(17(23)25-16)12-4-2-1-3-5-12/h1-5,8-9H,6-7,10H2. The van der Waals surface area contributed by atoms with Gasteiger partial charge in [0.25, 0.3) is 0 Å². The lowest BCUT2D eigenvalue weighted by Crippen LogP contribution is -2.15. The van der Waals surface area contributed by atoms with Crippen LogP contribution < -0.4 is 9.47 Å². The van der Waals surface area contributed by atoms with E-state index in [1.807, 2.05) is 42.5 Å². The molecule has 2 aromatic carbocycles. The fourth-order valence-electron chi connectivity index (χ4n) is 2.44. The number of para-hydroxylation sites is 1. The number of ether oxygens (including phenoxy) is 2. The zero-order chi connectivity index (χ0) is 17.2. The fourth-order valence-corrected chi connectivity index (χ4v) is 5.02. The van der Waals surface area contributed by atoms with Gasteiger partial charge in [-0.2, -0.15) is 0 Å². The molecule has 0 saturated carbocycles. The molecule has 0 bridgehead atoms. The molecule has 3 aromatic rings. The third-order valence-electron chi connectivity index (χ3n) is 3.55. The second-order valence-electron chi connectivity index (χ2n) is 5.27. The van der Waals surface area contributed by atoms with Gasteiger partial charge in [0.15, 0.2) is 19.8 Å². The van der Waals surface area contributed by atoms with Crippen molar-refractivity contribution in [1.29, 1.82) is 0 Å². The molecule has 0 N–H and O–H groups in total. The van der Waals surface area contributed by atoms with Gasteiger partial charge in [0.1, 0.15) is 13.2 Å². The number of aromatic nitrogens is 2. The van der Waals surface area contributed by atoms with Crippen LogP contribution in [0.5, 0.6) is 11.5 Å². The second-order valence-corrected chi connectivity index (χ2v) is 8.52. The maximum absolute atomic E-state index is 6.29. The van der Waals surface area contributed by atoms with E-state index in [4.69, 9.17) is 33.3 Å². The predicted octanol–water partition coefficient (Wildman–Crippen LogP) is 5.38. The van der Waals surface area contributed by atoms with Crippen LogP contribution in [-0.2, 0) is 5.75 Å². The number of rotatable bonds is 4. The summed E-state index contributed by atoms with van der Waals surface area (Å²) in [6.45, 7) is 1.07. The molecule has 2 heterocycles. The maximum Gasteiger partial charge on any atom is 0.184 e. The van der Waals surface area contributed by atoms with Crippen LogP contribution in [0.2, 0.25) is 5.02 Å². The zero-order valence-electron chi connectivity index (χ0n) is 13.0. The van der Waals surface area contributed by atoms with Crippen LogP contribution in [0.3, 0.4) is 0 Å². The summed E-state index contributed by atoms with van der Waals surface area (Å²) in [5, 5.41) is 5.19. The van der Waals surface area contributed by atoms with Gasteiger partial charge in [-0.1, -0.05) is 52.9 Å². The molecule has 1 aliphatic rings. The van der Waals surface area contributed by atoms with Crippen molar-refractivity contribution in [2.24, 2.45) is 0 Å². The first-order valence-corrected chi connectivity index (χ1v) is 10.2. The SMILES string of the molecule is S=c1sc(SCc2cc(Cl)c3c(c2)OCCO3)nn1-c1ccccc1. The van der Waals surface area contributed by atoms with Crippen molar-refractivity contribution in [2.45, 2.75) is 10.1 Å². The van der Waals surface area contributed by atoms with Gasteiger partial charge < -0.3 is 9.47 Å². The van der Waals surface area contributed by atoms with Crippen LogP contribution in [-0.4, -0.2) is 23.0 Å². The van der Waals surface area contributed by atoms with Crippen LogP contribution in [0, 0.1) is 3.95 Å². The molecule has 0 unspecified atom stereocenters. The lowest BCUT2D eigenvalue weighted by Gasteiger charge is -2.20. The molecule has 8 heteroatoms. The zero-order valence-corrected chi connectivity index (χ0v) is 16.2. The molecule has 1 aromatic heterocycles. The average molecular weight is 409 g/mol. The van der Waals surface area contributed by atoms with Gasteiger partial charge in [0, 0.05) is 5.75 Å². The molecular formula is C17H13ClN2O2S3. The molecule has 4 rings (SSSR count). The Kier molecular flexibility index (Phi) is 4.98. The lowest BCUT2D eigenvalue weighted by molar-refractivity contribution is 0.171. The quantitative estimate of drug-likeness (QED) is 0.428. The number of hydrogen-bond acceptors (Lipinski definition) is 6. The number of fused-ring (bicyclic) bond motifs is 1. The normalized spacial score (nSPS) is 13.0. The molecule has 0 saturated heterocycles. The van der Waals surface area contributed by atoms with Crippen molar-refractivity contribution >= 4 is 46.9 Å².